The standard InChI is InChI=1S/C17H24N4O3S/c1-12-2-8-15(9-3-12)21-25(22,23)11-16-19-17(20-24-16)14-6-4-13(10-18)5-7-14/h4-7,12,15,21H,2-3,8-11,18H2,1H3. The van der Waals surface area contributed by atoms with E-state index < -0.39 is 10.0 Å². The molecule has 0 aliphatic heterocycles. The fourth-order valence-corrected chi connectivity index (χ4v) is 4.33. The lowest BCUT2D eigenvalue weighted by Gasteiger charge is -2.26. The number of aromatic nitrogens is 2. The molecular weight excluding hydrogens is 340 g/mol. The van der Waals surface area contributed by atoms with E-state index in [1.54, 1.807) is 0 Å². The van der Waals surface area contributed by atoms with Crippen molar-refractivity contribution in [3.05, 3.63) is 35.7 Å². The number of hydrogen-bond donors (Lipinski definition) is 2. The van der Waals surface area contributed by atoms with Crippen molar-refractivity contribution in [3.63, 3.8) is 0 Å². The summed E-state index contributed by atoms with van der Waals surface area (Å²) in [6.07, 6.45) is 3.86. The quantitative estimate of drug-likeness (QED) is 0.813. The Morgan fingerprint density at radius 3 is 2.52 bits per heavy atom. The van der Waals surface area contributed by atoms with E-state index in [1.807, 2.05) is 24.3 Å². The Bertz CT molecular complexity index is 794. The molecule has 0 radical (unpaired) electrons. The van der Waals surface area contributed by atoms with Crippen molar-refractivity contribution >= 4 is 10.0 Å². The van der Waals surface area contributed by atoms with Crippen LogP contribution in [0.3, 0.4) is 0 Å². The molecule has 0 atom stereocenters. The number of hydrogen-bond acceptors (Lipinski definition) is 6. The minimum atomic E-state index is -3.49. The van der Waals surface area contributed by atoms with Gasteiger partial charge in [-0.15, -0.1) is 0 Å². The SMILES string of the molecule is CC1CCC(NS(=O)(=O)Cc2nc(-c3ccc(CN)cc3)no2)CC1. The first kappa shape index (κ1) is 18.0. The van der Waals surface area contributed by atoms with Gasteiger partial charge >= 0.3 is 0 Å². The Morgan fingerprint density at radius 1 is 1.20 bits per heavy atom. The summed E-state index contributed by atoms with van der Waals surface area (Å²) in [4.78, 5) is 4.20. The Labute approximate surface area is 148 Å². The molecule has 1 aliphatic rings. The molecule has 8 heteroatoms. The number of sulfonamides is 1. The van der Waals surface area contributed by atoms with Crippen molar-refractivity contribution < 1.29 is 12.9 Å². The lowest BCUT2D eigenvalue weighted by atomic mass is 9.88. The van der Waals surface area contributed by atoms with E-state index in [1.165, 1.54) is 0 Å². The van der Waals surface area contributed by atoms with Crippen LogP contribution in [0.4, 0.5) is 0 Å². The maximum atomic E-state index is 12.3. The summed E-state index contributed by atoms with van der Waals surface area (Å²) >= 11 is 0. The second-order valence-corrected chi connectivity index (χ2v) is 8.50. The van der Waals surface area contributed by atoms with Crippen LogP contribution in [-0.4, -0.2) is 24.6 Å². The number of benzene rings is 1. The smallest absolute Gasteiger partial charge is 0.243 e. The molecule has 1 aromatic heterocycles. The first-order chi connectivity index (χ1) is 11.9. The maximum Gasteiger partial charge on any atom is 0.243 e. The van der Waals surface area contributed by atoms with E-state index >= 15 is 0 Å². The van der Waals surface area contributed by atoms with E-state index in [-0.39, 0.29) is 17.7 Å². The van der Waals surface area contributed by atoms with Crippen LogP contribution in [0.5, 0.6) is 0 Å². The molecule has 1 fully saturated rings. The van der Waals surface area contributed by atoms with Gasteiger partial charge in [0.2, 0.25) is 21.7 Å². The normalized spacial score (nSPS) is 21.4. The molecule has 0 bridgehead atoms. The second kappa shape index (κ2) is 7.63. The van der Waals surface area contributed by atoms with Crippen molar-refractivity contribution in [2.75, 3.05) is 0 Å². The van der Waals surface area contributed by atoms with Crippen LogP contribution < -0.4 is 10.5 Å². The van der Waals surface area contributed by atoms with Gasteiger partial charge < -0.3 is 10.3 Å². The summed E-state index contributed by atoms with van der Waals surface area (Å²) in [7, 11) is -3.49. The minimum absolute atomic E-state index is 0.00685. The van der Waals surface area contributed by atoms with Crippen LogP contribution in [0.1, 0.15) is 44.1 Å². The van der Waals surface area contributed by atoms with E-state index in [2.05, 4.69) is 21.8 Å². The fraction of sp³-hybridized carbons (Fsp3) is 0.529. The largest absolute Gasteiger partial charge is 0.338 e. The maximum absolute atomic E-state index is 12.3. The summed E-state index contributed by atoms with van der Waals surface area (Å²) < 4.78 is 32.5. The van der Waals surface area contributed by atoms with Crippen LogP contribution in [0, 0.1) is 5.92 Å². The average molecular weight is 364 g/mol. The zero-order valence-corrected chi connectivity index (χ0v) is 15.1. The Hall–Kier alpha value is -1.77. The van der Waals surface area contributed by atoms with E-state index in [0.717, 1.165) is 36.8 Å². The van der Waals surface area contributed by atoms with Crippen molar-refractivity contribution in [2.45, 2.75) is 50.9 Å². The third-order valence-corrected chi connectivity index (χ3v) is 5.91. The van der Waals surface area contributed by atoms with Gasteiger partial charge in [0.15, 0.2) is 0 Å². The van der Waals surface area contributed by atoms with Gasteiger partial charge in [-0.1, -0.05) is 36.3 Å². The molecule has 3 rings (SSSR count). The summed E-state index contributed by atoms with van der Waals surface area (Å²) in [6.45, 7) is 2.66. The van der Waals surface area contributed by atoms with Crippen molar-refractivity contribution in [1.82, 2.24) is 14.9 Å². The molecule has 25 heavy (non-hydrogen) atoms. The molecule has 1 saturated carbocycles. The van der Waals surface area contributed by atoms with Gasteiger partial charge in [-0.25, -0.2) is 13.1 Å². The van der Waals surface area contributed by atoms with Gasteiger partial charge in [-0.2, -0.15) is 4.98 Å². The molecule has 7 nitrogen and oxygen atoms in total. The van der Waals surface area contributed by atoms with Gasteiger partial charge in [0.25, 0.3) is 0 Å². The molecule has 3 N–H and O–H groups in total. The molecule has 0 saturated heterocycles. The van der Waals surface area contributed by atoms with Gasteiger partial charge in [-0.3, -0.25) is 0 Å². The van der Waals surface area contributed by atoms with Crippen LogP contribution in [-0.2, 0) is 22.3 Å². The monoisotopic (exact) mass is 364 g/mol. The molecule has 1 aromatic carbocycles. The van der Waals surface area contributed by atoms with Gasteiger partial charge in [0, 0.05) is 18.2 Å². The number of nitrogens with one attached hydrogen (secondary N) is 1. The number of nitrogens with two attached hydrogens (primary N) is 1. The summed E-state index contributed by atoms with van der Waals surface area (Å²) in [5.74, 6) is 0.840. The predicted octanol–water partition coefficient (Wildman–Crippen LogP) is 2.19. The third kappa shape index (κ3) is 4.87. The third-order valence-electron chi connectivity index (χ3n) is 4.59. The van der Waals surface area contributed by atoms with Crippen LogP contribution in [0.15, 0.2) is 28.8 Å². The Morgan fingerprint density at radius 2 is 1.88 bits per heavy atom. The fourth-order valence-electron chi connectivity index (χ4n) is 3.06. The highest BCUT2D eigenvalue weighted by atomic mass is 32.2. The molecule has 136 valence electrons. The summed E-state index contributed by atoms with van der Waals surface area (Å²) in [5, 5.41) is 3.87. The van der Waals surface area contributed by atoms with Crippen LogP contribution >= 0.6 is 0 Å². The zero-order valence-electron chi connectivity index (χ0n) is 14.3. The summed E-state index contributed by atoms with van der Waals surface area (Å²) in [5.41, 5.74) is 7.34. The van der Waals surface area contributed by atoms with Crippen LogP contribution in [0.2, 0.25) is 0 Å². The average Bonchev–Trinajstić information content (AvgIpc) is 3.04. The number of nitrogens with zero attached hydrogens (tertiary/aromatic N) is 2. The minimum Gasteiger partial charge on any atom is -0.338 e. The van der Waals surface area contributed by atoms with Gasteiger partial charge in [0.1, 0.15) is 5.75 Å². The first-order valence-electron chi connectivity index (χ1n) is 8.57. The second-order valence-electron chi connectivity index (χ2n) is 6.75. The molecule has 0 unspecified atom stereocenters. The Kier molecular flexibility index (Phi) is 5.51. The highest BCUT2D eigenvalue weighted by Gasteiger charge is 2.25. The van der Waals surface area contributed by atoms with Crippen LogP contribution in [0.25, 0.3) is 11.4 Å². The Balaban J connectivity index is 1.63. The molecule has 0 amide bonds. The first-order valence-corrected chi connectivity index (χ1v) is 10.2. The van der Waals surface area contributed by atoms with E-state index in [4.69, 9.17) is 10.3 Å². The van der Waals surface area contributed by atoms with Crippen molar-refractivity contribution in [3.8, 4) is 11.4 Å². The topological polar surface area (TPSA) is 111 Å². The van der Waals surface area contributed by atoms with Crippen molar-refractivity contribution in [2.24, 2.45) is 11.7 Å². The molecule has 2 aromatic rings. The van der Waals surface area contributed by atoms with E-state index in [0.29, 0.717) is 18.3 Å². The van der Waals surface area contributed by atoms with Gasteiger partial charge in [-0.05, 0) is 37.2 Å². The molecular formula is C17H24N4O3S. The van der Waals surface area contributed by atoms with Gasteiger partial charge in [0.05, 0.1) is 0 Å². The molecule has 1 aliphatic carbocycles. The summed E-state index contributed by atoms with van der Waals surface area (Å²) in [6, 6.07) is 7.45. The van der Waals surface area contributed by atoms with Crippen molar-refractivity contribution in [1.29, 1.82) is 0 Å². The van der Waals surface area contributed by atoms with E-state index in [9.17, 15) is 8.42 Å². The lowest BCUT2D eigenvalue weighted by Crippen LogP contribution is -2.38. The lowest BCUT2D eigenvalue weighted by molar-refractivity contribution is 0.331. The predicted molar refractivity (Wildman–Crippen MR) is 94.8 cm³/mol. The molecule has 0 spiro atoms. The highest BCUT2D eigenvalue weighted by Crippen LogP contribution is 2.24. The zero-order chi connectivity index (χ0) is 17.9. The number of rotatable bonds is 6. The molecule has 1 heterocycles. The highest BCUT2D eigenvalue weighted by molar-refractivity contribution is 7.88.